The fourth-order valence-electron chi connectivity index (χ4n) is 1.55. The molecule has 17 heavy (non-hydrogen) atoms. The van der Waals surface area contributed by atoms with Crippen LogP contribution in [0.2, 0.25) is 0 Å². The molecule has 0 aliphatic heterocycles. The summed E-state index contributed by atoms with van der Waals surface area (Å²) in [4.78, 5) is 10.9. The largest absolute Gasteiger partial charge is 0.478 e. The number of fused-ring (bicyclic) bond motifs is 1. The van der Waals surface area contributed by atoms with E-state index in [0.717, 1.165) is 17.6 Å². The van der Waals surface area contributed by atoms with Crippen LogP contribution in [0.4, 0.5) is 0 Å². The number of benzene rings is 1. The highest BCUT2D eigenvalue weighted by atomic mass is 32.2. The molecule has 0 saturated heterocycles. The number of hydrogen-bond acceptors (Lipinski definition) is 4. The van der Waals surface area contributed by atoms with Gasteiger partial charge in [-0.2, -0.15) is 11.8 Å². The first-order chi connectivity index (χ1) is 8.11. The monoisotopic (exact) mass is 251 g/mol. The molecule has 0 aliphatic carbocycles. The van der Waals surface area contributed by atoms with Gasteiger partial charge in [0.2, 0.25) is 0 Å². The molecule has 1 N–H and O–H groups in total. The molecule has 0 aliphatic rings. The van der Waals surface area contributed by atoms with Gasteiger partial charge in [-0.3, -0.25) is 0 Å². The summed E-state index contributed by atoms with van der Waals surface area (Å²) in [6.45, 7) is 2.82. The summed E-state index contributed by atoms with van der Waals surface area (Å²) in [5, 5.41) is 17.4. The van der Waals surface area contributed by atoms with Gasteiger partial charge in [0.05, 0.1) is 17.6 Å². The number of hydrogen-bond donors (Lipinski definition) is 1. The zero-order valence-corrected chi connectivity index (χ0v) is 10.4. The molecule has 0 bridgehead atoms. The van der Waals surface area contributed by atoms with Gasteiger partial charge in [-0.1, -0.05) is 12.1 Å². The number of nitrogens with zero attached hydrogens (tertiary/aromatic N) is 3. The first kappa shape index (κ1) is 11.9. The van der Waals surface area contributed by atoms with Crippen LogP contribution in [0, 0.1) is 0 Å². The van der Waals surface area contributed by atoms with Crippen LogP contribution in [0.3, 0.4) is 0 Å². The van der Waals surface area contributed by atoms with E-state index in [9.17, 15) is 4.79 Å². The Hall–Kier alpha value is -1.56. The normalized spacial score (nSPS) is 12.8. The number of carbonyl (C=O) groups is 1. The van der Waals surface area contributed by atoms with Crippen LogP contribution in [0.25, 0.3) is 11.0 Å². The number of carboxylic acid groups (broad SMARTS) is 1. The summed E-state index contributed by atoms with van der Waals surface area (Å²) in [5.74, 6) is -0.933. The lowest BCUT2D eigenvalue weighted by Gasteiger charge is -2.08. The quantitative estimate of drug-likeness (QED) is 0.898. The van der Waals surface area contributed by atoms with E-state index in [1.165, 1.54) is 0 Å². The topological polar surface area (TPSA) is 68.0 Å². The van der Waals surface area contributed by atoms with Gasteiger partial charge < -0.3 is 5.11 Å². The van der Waals surface area contributed by atoms with Crippen LogP contribution in [0.5, 0.6) is 0 Å². The molecule has 1 unspecified atom stereocenters. The molecule has 2 rings (SSSR count). The van der Waals surface area contributed by atoms with E-state index in [2.05, 4.69) is 17.2 Å². The third-order valence-electron chi connectivity index (χ3n) is 2.59. The molecule has 0 radical (unpaired) electrons. The van der Waals surface area contributed by atoms with Gasteiger partial charge >= 0.3 is 5.97 Å². The van der Waals surface area contributed by atoms with E-state index in [-0.39, 0.29) is 5.56 Å². The summed E-state index contributed by atoms with van der Waals surface area (Å²) < 4.78 is 1.75. The molecular formula is C11H13N3O2S. The van der Waals surface area contributed by atoms with E-state index in [1.54, 1.807) is 34.6 Å². The highest BCUT2D eigenvalue weighted by Crippen LogP contribution is 2.16. The van der Waals surface area contributed by atoms with Gasteiger partial charge in [-0.05, 0) is 24.5 Å². The Morgan fingerprint density at radius 1 is 1.59 bits per heavy atom. The predicted octanol–water partition coefficient (Wildman–Crippen LogP) is 1.88. The van der Waals surface area contributed by atoms with E-state index in [4.69, 9.17) is 5.11 Å². The average Bonchev–Trinajstić information content (AvgIpc) is 2.71. The van der Waals surface area contributed by atoms with Gasteiger partial charge in [-0.15, -0.1) is 5.10 Å². The minimum absolute atomic E-state index is 0.262. The molecule has 0 saturated carbocycles. The maximum atomic E-state index is 10.9. The minimum Gasteiger partial charge on any atom is -0.478 e. The Kier molecular flexibility index (Phi) is 3.33. The summed E-state index contributed by atoms with van der Waals surface area (Å²) in [5.41, 5.74) is 1.76. The lowest BCUT2D eigenvalue weighted by Crippen LogP contribution is -2.10. The predicted molar refractivity (Wildman–Crippen MR) is 67.5 cm³/mol. The molecular weight excluding hydrogens is 238 g/mol. The van der Waals surface area contributed by atoms with Gasteiger partial charge in [0.15, 0.2) is 0 Å². The molecule has 0 amide bonds. The van der Waals surface area contributed by atoms with Gasteiger partial charge in [0.25, 0.3) is 0 Å². The second-order valence-corrected chi connectivity index (χ2v) is 5.10. The van der Waals surface area contributed by atoms with Crippen molar-refractivity contribution in [2.45, 2.75) is 18.7 Å². The SMILES string of the molecule is CSC(C)Cn1nnc2ccc(C(=O)O)cc21. The lowest BCUT2D eigenvalue weighted by molar-refractivity contribution is 0.0697. The van der Waals surface area contributed by atoms with Crippen LogP contribution in [0.15, 0.2) is 18.2 Å². The lowest BCUT2D eigenvalue weighted by atomic mass is 10.2. The first-order valence-electron chi connectivity index (χ1n) is 5.21. The first-order valence-corrected chi connectivity index (χ1v) is 6.50. The number of aromatic nitrogens is 3. The van der Waals surface area contributed by atoms with Crippen molar-refractivity contribution in [2.24, 2.45) is 0 Å². The van der Waals surface area contributed by atoms with Crippen molar-refractivity contribution in [3.05, 3.63) is 23.8 Å². The van der Waals surface area contributed by atoms with Gasteiger partial charge in [-0.25, -0.2) is 9.48 Å². The fourth-order valence-corrected chi connectivity index (χ4v) is 1.84. The van der Waals surface area contributed by atoms with Gasteiger partial charge in [0.1, 0.15) is 5.52 Å². The molecule has 5 nitrogen and oxygen atoms in total. The highest BCUT2D eigenvalue weighted by molar-refractivity contribution is 7.99. The Bertz CT molecular complexity index is 553. The molecule has 90 valence electrons. The summed E-state index contributed by atoms with van der Waals surface area (Å²) in [7, 11) is 0. The van der Waals surface area contributed by atoms with Crippen molar-refractivity contribution in [3.63, 3.8) is 0 Å². The van der Waals surface area contributed by atoms with E-state index < -0.39 is 5.97 Å². The standard InChI is InChI=1S/C11H13N3O2S/c1-7(17-2)6-14-10-5-8(11(15)16)3-4-9(10)12-13-14/h3-5,7H,6H2,1-2H3,(H,15,16). The zero-order chi connectivity index (χ0) is 12.4. The van der Waals surface area contributed by atoms with E-state index in [0.29, 0.717) is 5.25 Å². The summed E-state index contributed by atoms with van der Waals surface area (Å²) >= 11 is 1.74. The maximum absolute atomic E-state index is 10.9. The van der Waals surface area contributed by atoms with Crippen molar-refractivity contribution >= 4 is 28.8 Å². The molecule has 2 aromatic rings. The smallest absolute Gasteiger partial charge is 0.335 e. The number of thioether (sulfide) groups is 1. The zero-order valence-electron chi connectivity index (χ0n) is 9.62. The van der Waals surface area contributed by atoms with Crippen LogP contribution < -0.4 is 0 Å². The third-order valence-corrected chi connectivity index (χ3v) is 3.55. The van der Waals surface area contributed by atoms with Crippen LogP contribution in [0.1, 0.15) is 17.3 Å². The van der Waals surface area contributed by atoms with Crippen LogP contribution >= 0.6 is 11.8 Å². The molecule has 1 aromatic carbocycles. The van der Waals surface area contributed by atoms with Crippen molar-refractivity contribution in [2.75, 3.05) is 6.26 Å². The number of carboxylic acids is 1. The van der Waals surface area contributed by atoms with Crippen molar-refractivity contribution < 1.29 is 9.90 Å². The van der Waals surface area contributed by atoms with Crippen molar-refractivity contribution in [3.8, 4) is 0 Å². The minimum atomic E-state index is -0.933. The molecule has 6 heteroatoms. The number of rotatable bonds is 4. The summed E-state index contributed by atoms with van der Waals surface area (Å²) in [6.07, 6.45) is 2.03. The fraction of sp³-hybridized carbons (Fsp3) is 0.364. The molecule has 0 spiro atoms. The van der Waals surface area contributed by atoms with Crippen molar-refractivity contribution in [1.29, 1.82) is 0 Å². The maximum Gasteiger partial charge on any atom is 0.335 e. The molecule has 1 atom stereocenters. The summed E-state index contributed by atoms with van der Waals surface area (Å²) in [6, 6.07) is 4.85. The van der Waals surface area contributed by atoms with Gasteiger partial charge in [0, 0.05) is 5.25 Å². The Morgan fingerprint density at radius 2 is 2.35 bits per heavy atom. The van der Waals surface area contributed by atoms with E-state index in [1.807, 2.05) is 6.26 Å². The second-order valence-electron chi connectivity index (χ2n) is 3.83. The Morgan fingerprint density at radius 3 is 3.00 bits per heavy atom. The third kappa shape index (κ3) is 2.41. The van der Waals surface area contributed by atoms with E-state index >= 15 is 0 Å². The molecule has 1 heterocycles. The average molecular weight is 251 g/mol. The van der Waals surface area contributed by atoms with Crippen LogP contribution in [-0.4, -0.2) is 37.6 Å². The van der Waals surface area contributed by atoms with Crippen molar-refractivity contribution in [1.82, 2.24) is 15.0 Å². The Labute approximate surface area is 103 Å². The molecule has 1 aromatic heterocycles. The molecule has 0 fully saturated rings. The second kappa shape index (κ2) is 4.75. The Balaban J connectivity index is 2.43. The highest BCUT2D eigenvalue weighted by Gasteiger charge is 2.10. The van der Waals surface area contributed by atoms with Crippen LogP contribution in [-0.2, 0) is 6.54 Å². The number of aromatic carboxylic acids is 1.